The third kappa shape index (κ3) is 3.90. The molecule has 0 aliphatic carbocycles. The van der Waals surface area contributed by atoms with Gasteiger partial charge in [-0.2, -0.15) is 9.78 Å². The normalized spacial score (nSPS) is 11.9. The molecule has 0 atom stereocenters. The number of hydrogen-bond acceptors (Lipinski definition) is 5. The number of fused-ring (bicyclic) bond motifs is 1. The van der Waals surface area contributed by atoms with Crippen molar-refractivity contribution in [3.63, 3.8) is 0 Å². The molecule has 0 aliphatic heterocycles. The van der Waals surface area contributed by atoms with Gasteiger partial charge < -0.3 is 9.47 Å². The molecule has 2 rings (SSSR count). The van der Waals surface area contributed by atoms with Crippen molar-refractivity contribution in [2.24, 2.45) is 0 Å². The Balaban J connectivity index is 2.55. The summed E-state index contributed by atoms with van der Waals surface area (Å²) in [6.45, 7) is 5.30. The first kappa shape index (κ1) is 17.0. The van der Waals surface area contributed by atoms with Crippen molar-refractivity contribution in [2.45, 2.75) is 26.4 Å². The van der Waals surface area contributed by atoms with Gasteiger partial charge in [-0.25, -0.2) is 9.59 Å². The Morgan fingerprint density at radius 2 is 2.00 bits per heavy atom. The maximum Gasteiger partial charge on any atom is 0.435 e. The van der Waals surface area contributed by atoms with Gasteiger partial charge in [0.15, 0.2) is 0 Å². The standard InChI is InChI=1S/C16H17ClN2O4/c1-16(2,3)23-15(21)19-12-7-5-6-10(17)14(12)11(18-19)8-9-13(20)22-4/h5-9H,1-4H3/b9-8+. The Hall–Kier alpha value is -2.34. The van der Waals surface area contributed by atoms with E-state index in [1.54, 1.807) is 39.0 Å². The van der Waals surface area contributed by atoms with Gasteiger partial charge >= 0.3 is 12.1 Å². The fourth-order valence-corrected chi connectivity index (χ4v) is 2.20. The number of esters is 1. The number of halogens is 1. The fourth-order valence-electron chi connectivity index (χ4n) is 1.93. The lowest BCUT2D eigenvalue weighted by Gasteiger charge is -2.19. The molecule has 1 heterocycles. The largest absolute Gasteiger partial charge is 0.466 e. The maximum absolute atomic E-state index is 12.3. The Bertz CT molecular complexity index is 787. The number of hydrogen-bond donors (Lipinski definition) is 0. The second-order valence-corrected chi connectivity index (χ2v) is 6.18. The zero-order valence-corrected chi connectivity index (χ0v) is 14.0. The predicted octanol–water partition coefficient (Wildman–Crippen LogP) is 3.66. The Morgan fingerprint density at radius 1 is 1.30 bits per heavy atom. The highest BCUT2D eigenvalue weighted by atomic mass is 35.5. The quantitative estimate of drug-likeness (QED) is 0.618. The van der Waals surface area contributed by atoms with Gasteiger partial charge in [0.1, 0.15) is 5.60 Å². The molecule has 23 heavy (non-hydrogen) atoms. The zero-order chi connectivity index (χ0) is 17.2. The van der Waals surface area contributed by atoms with Crippen LogP contribution in [0.1, 0.15) is 26.5 Å². The molecule has 1 aromatic heterocycles. The van der Waals surface area contributed by atoms with Crippen molar-refractivity contribution in [1.82, 2.24) is 9.78 Å². The average molecular weight is 337 g/mol. The van der Waals surface area contributed by atoms with Crippen LogP contribution in [0, 0.1) is 0 Å². The molecule has 1 aromatic carbocycles. The number of nitrogens with zero attached hydrogens (tertiary/aromatic N) is 2. The third-order valence-electron chi connectivity index (χ3n) is 2.83. The highest BCUT2D eigenvalue weighted by Gasteiger charge is 2.22. The summed E-state index contributed by atoms with van der Waals surface area (Å²) in [5.41, 5.74) is 0.216. The molecule has 2 aromatic rings. The maximum atomic E-state index is 12.3. The molecular weight excluding hydrogens is 320 g/mol. The van der Waals surface area contributed by atoms with Crippen LogP contribution in [0.25, 0.3) is 17.0 Å². The molecule has 0 N–H and O–H groups in total. The third-order valence-corrected chi connectivity index (χ3v) is 3.14. The first-order valence-corrected chi connectivity index (χ1v) is 7.27. The van der Waals surface area contributed by atoms with Gasteiger partial charge in [-0.15, -0.1) is 0 Å². The summed E-state index contributed by atoms with van der Waals surface area (Å²) < 4.78 is 11.0. The monoisotopic (exact) mass is 336 g/mol. The van der Waals surface area contributed by atoms with Crippen LogP contribution in [0.3, 0.4) is 0 Å². The van der Waals surface area contributed by atoms with Gasteiger partial charge in [-0.05, 0) is 39.0 Å². The van der Waals surface area contributed by atoms with Crippen molar-refractivity contribution in [2.75, 3.05) is 7.11 Å². The Labute approximate surface area is 138 Å². The van der Waals surface area contributed by atoms with E-state index in [1.807, 2.05) is 0 Å². The summed E-state index contributed by atoms with van der Waals surface area (Å²) in [5, 5.41) is 5.18. The lowest BCUT2D eigenvalue weighted by molar-refractivity contribution is -0.134. The highest BCUT2D eigenvalue weighted by Crippen LogP contribution is 2.28. The van der Waals surface area contributed by atoms with Crippen LogP contribution in [0.2, 0.25) is 5.02 Å². The van der Waals surface area contributed by atoms with Crippen LogP contribution in [-0.2, 0) is 14.3 Å². The Morgan fingerprint density at radius 3 is 2.61 bits per heavy atom. The van der Waals surface area contributed by atoms with Crippen molar-refractivity contribution in [3.05, 3.63) is 35.0 Å². The molecule has 7 heteroatoms. The van der Waals surface area contributed by atoms with E-state index < -0.39 is 17.7 Å². The first-order chi connectivity index (χ1) is 10.7. The SMILES string of the molecule is COC(=O)/C=C/c1nn(C(=O)OC(C)(C)C)c2cccc(Cl)c12. The van der Waals surface area contributed by atoms with E-state index in [2.05, 4.69) is 9.84 Å². The summed E-state index contributed by atoms with van der Waals surface area (Å²) in [7, 11) is 1.27. The van der Waals surface area contributed by atoms with Gasteiger partial charge in [0.05, 0.1) is 23.3 Å². The first-order valence-electron chi connectivity index (χ1n) is 6.89. The van der Waals surface area contributed by atoms with Gasteiger partial charge in [0.25, 0.3) is 0 Å². The second-order valence-electron chi connectivity index (χ2n) is 5.77. The van der Waals surface area contributed by atoms with Crippen LogP contribution < -0.4 is 0 Å². The van der Waals surface area contributed by atoms with Gasteiger partial charge in [-0.1, -0.05) is 17.7 Å². The number of ether oxygens (including phenoxy) is 2. The molecule has 0 unspecified atom stereocenters. The minimum absolute atomic E-state index is 0.377. The molecule has 0 fully saturated rings. The summed E-state index contributed by atoms with van der Waals surface area (Å²) in [6.07, 6.45) is 2.04. The van der Waals surface area contributed by atoms with E-state index in [0.29, 0.717) is 21.6 Å². The Kier molecular flexibility index (Phi) is 4.75. The zero-order valence-electron chi connectivity index (χ0n) is 13.3. The summed E-state index contributed by atoms with van der Waals surface area (Å²) in [5.74, 6) is -0.531. The van der Waals surface area contributed by atoms with E-state index in [4.69, 9.17) is 16.3 Å². The second kappa shape index (κ2) is 6.42. The van der Waals surface area contributed by atoms with E-state index >= 15 is 0 Å². The number of methoxy groups -OCH3 is 1. The molecule has 122 valence electrons. The minimum atomic E-state index is -0.657. The van der Waals surface area contributed by atoms with E-state index in [0.717, 1.165) is 4.68 Å². The topological polar surface area (TPSA) is 70.4 Å². The number of benzene rings is 1. The van der Waals surface area contributed by atoms with E-state index in [-0.39, 0.29) is 0 Å². The fraction of sp³-hybridized carbons (Fsp3) is 0.312. The molecule has 0 saturated heterocycles. The van der Waals surface area contributed by atoms with Gasteiger partial charge in [0, 0.05) is 11.5 Å². The average Bonchev–Trinajstić information content (AvgIpc) is 2.83. The van der Waals surface area contributed by atoms with Crippen molar-refractivity contribution in [1.29, 1.82) is 0 Å². The van der Waals surface area contributed by atoms with Gasteiger partial charge in [-0.3, -0.25) is 0 Å². The van der Waals surface area contributed by atoms with Crippen LogP contribution in [-0.4, -0.2) is 34.6 Å². The van der Waals surface area contributed by atoms with Crippen LogP contribution in [0.4, 0.5) is 4.79 Å². The predicted molar refractivity (Wildman–Crippen MR) is 87.4 cm³/mol. The van der Waals surface area contributed by atoms with Crippen molar-refractivity contribution >= 4 is 40.6 Å². The van der Waals surface area contributed by atoms with Crippen LogP contribution >= 0.6 is 11.6 Å². The summed E-state index contributed by atoms with van der Waals surface area (Å²) in [4.78, 5) is 23.6. The van der Waals surface area contributed by atoms with Crippen LogP contribution in [0.15, 0.2) is 24.3 Å². The molecule has 6 nitrogen and oxygen atoms in total. The van der Waals surface area contributed by atoms with Crippen LogP contribution in [0.5, 0.6) is 0 Å². The lowest BCUT2D eigenvalue weighted by Crippen LogP contribution is -2.27. The lowest BCUT2D eigenvalue weighted by atomic mass is 10.2. The number of aromatic nitrogens is 2. The van der Waals surface area contributed by atoms with Crippen molar-refractivity contribution in [3.8, 4) is 0 Å². The van der Waals surface area contributed by atoms with E-state index in [9.17, 15) is 9.59 Å². The summed E-state index contributed by atoms with van der Waals surface area (Å²) in [6, 6.07) is 5.09. The van der Waals surface area contributed by atoms with Crippen molar-refractivity contribution < 1.29 is 19.1 Å². The minimum Gasteiger partial charge on any atom is -0.466 e. The molecule has 0 saturated carbocycles. The van der Waals surface area contributed by atoms with E-state index in [1.165, 1.54) is 19.3 Å². The number of carbonyl (C=O) groups is 2. The molecule has 0 radical (unpaired) electrons. The molecule has 0 spiro atoms. The highest BCUT2D eigenvalue weighted by molar-refractivity contribution is 6.36. The van der Waals surface area contributed by atoms with Gasteiger partial charge in [0.2, 0.25) is 0 Å². The molecular formula is C16H17ClN2O4. The number of carbonyl (C=O) groups excluding carboxylic acids is 2. The summed E-state index contributed by atoms with van der Waals surface area (Å²) >= 11 is 6.21. The smallest absolute Gasteiger partial charge is 0.435 e. The number of rotatable bonds is 2. The molecule has 0 amide bonds. The molecule has 0 aliphatic rings. The molecule has 0 bridgehead atoms.